The van der Waals surface area contributed by atoms with Crippen molar-refractivity contribution in [1.82, 2.24) is 10.6 Å². The van der Waals surface area contributed by atoms with E-state index >= 15 is 0 Å². The van der Waals surface area contributed by atoms with Gasteiger partial charge < -0.3 is 15.4 Å². The number of rotatable bonds is 2. The second-order valence-corrected chi connectivity index (χ2v) is 4.53. The van der Waals surface area contributed by atoms with E-state index in [4.69, 9.17) is 0 Å². The Kier molecular flexibility index (Phi) is 6.72. The first kappa shape index (κ1) is 14.9. The molecule has 1 atom stereocenters. The van der Waals surface area contributed by atoms with Gasteiger partial charge in [0.15, 0.2) is 0 Å². The first-order valence-corrected chi connectivity index (χ1v) is 5.53. The van der Waals surface area contributed by atoms with Gasteiger partial charge in [-0.1, -0.05) is 6.92 Å². The zero-order chi connectivity index (χ0) is 12.6. The second kappa shape index (κ2) is 7.22. The summed E-state index contributed by atoms with van der Waals surface area (Å²) in [6.07, 6.45) is 0.881. The number of nitrogens with one attached hydrogen (secondary N) is 2. The summed E-state index contributed by atoms with van der Waals surface area (Å²) < 4.78 is 4.55. The molecule has 5 nitrogen and oxygen atoms in total. The normalized spacial score (nSPS) is 20.2. The number of piperazine rings is 1. The van der Waals surface area contributed by atoms with E-state index in [9.17, 15) is 9.59 Å². The molecule has 1 aliphatic heterocycles. The van der Waals surface area contributed by atoms with E-state index in [1.54, 1.807) is 0 Å². The van der Waals surface area contributed by atoms with E-state index in [1.165, 1.54) is 0 Å². The maximum absolute atomic E-state index is 10.9. The van der Waals surface area contributed by atoms with Gasteiger partial charge in [-0.15, -0.1) is 0 Å². The predicted octanol–water partition coefficient (Wildman–Crippen LogP) is 0.442. The molecular weight excluding hydrogens is 208 g/mol. The van der Waals surface area contributed by atoms with Crippen LogP contribution in [-0.4, -0.2) is 37.1 Å². The van der Waals surface area contributed by atoms with Crippen molar-refractivity contribution in [2.75, 3.05) is 13.1 Å². The van der Waals surface area contributed by atoms with E-state index in [1.807, 2.05) is 27.7 Å². The van der Waals surface area contributed by atoms with Gasteiger partial charge in [0, 0.05) is 13.1 Å². The quantitative estimate of drug-likeness (QED) is 0.676. The molecule has 1 amide bonds. The SMILES string of the molecule is CC(C)(C)OC=O.CCC1NCCNC1=O. The van der Waals surface area contributed by atoms with Gasteiger partial charge in [-0.05, 0) is 27.2 Å². The zero-order valence-corrected chi connectivity index (χ0v) is 10.5. The molecule has 1 aliphatic rings. The Morgan fingerprint density at radius 1 is 1.44 bits per heavy atom. The molecule has 2 N–H and O–H groups in total. The van der Waals surface area contributed by atoms with Crippen LogP contribution in [0.25, 0.3) is 0 Å². The lowest BCUT2D eigenvalue weighted by atomic mass is 10.2. The number of amides is 1. The Balaban J connectivity index is 0.000000293. The molecule has 1 saturated heterocycles. The zero-order valence-electron chi connectivity index (χ0n) is 10.5. The van der Waals surface area contributed by atoms with Crippen molar-refractivity contribution in [2.24, 2.45) is 0 Å². The molecule has 0 bridgehead atoms. The molecule has 1 heterocycles. The largest absolute Gasteiger partial charge is 0.462 e. The Hall–Kier alpha value is -1.10. The lowest BCUT2D eigenvalue weighted by molar-refractivity contribution is -0.138. The van der Waals surface area contributed by atoms with E-state index in [2.05, 4.69) is 15.4 Å². The average molecular weight is 230 g/mol. The van der Waals surface area contributed by atoms with Crippen molar-refractivity contribution < 1.29 is 14.3 Å². The van der Waals surface area contributed by atoms with Crippen LogP contribution in [0.2, 0.25) is 0 Å². The van der Waals surface area contributed by atoms with Gasteiger partial charge in [-0.2, -0.15) is 0 Å². The monoisotopic (exact) mass is 230 g/mol. The first-order chi connectivity index (χ1) is 7.40. The van der Waals surface area contributed by atoms with E-state index in [-0.39, 0.29) is 17.6 Å². The van der Waals surface area contributed by atoms with Crippen molar-refractivity contribution in [2.45, 2.75) is 45.8 Å². The highest BCUT2D eigenvalue weighted by molar-refractivity contribution is 5.82. The maximum Gasteiger partial charge on any atom is 0.293 e. The molecule has 1 rings (SSSR count). The Bertz CT molecular complexity index is 224. The number of carbonyl (C=O) groups excluding carboxylic acids is 2. The lowest BCUT2D eigenvalue weighted by Crippen LogP contribution is -2.52. The fraction of sp³-hybridized carbons (Fsp3) is 0.818. The highest BCUT2D eigenvalue weighted by Crippen LogP contribution is 2.02. The standard InChI is InChI=1S/C6H12N2O.C5H10O2/c1-2-5-6(9)8-4-3-7-5;1-5(2,3)7-4-6/h5,7H,2-4H2,1H3,(H,8,9);4H,1-3H3. The van der Waals surface area contributed by atoms with Gasteiger partial charge in [0.25, 0.3) is 6.47 Å². The highest BCUT2D eigenvalue weighted by atomic mass is 16.5. The van der Waals surface area contributed by atoms with Crippen LogP contribution in [0.15, 0.2) is 0 Å². The molecule has 1 unspecified atom stereocenters. The molecule has 0 aromatic heterocycles. The molecule has 0 aromatic carbocycles. The van der Waals surface area contributed by atoms with Crippen molar-refractivity contribution in [3.8, 4) is 0 Å². The van der Waals surface area contributed by atoms with Crippen molar-refractivity contribution in [3.05, 3.63) is 0 Å². The Morgan fingerprint density at radius 2 is 2.06 bits per heavy atom. The fourth-order valence-electron chi connectivity index (χ4n) is 1.12. The molecule has 0 radical (unpaired) electrons. The third-order valence-corrected chi connectivity index (χ3v) is 1.94. The average Bonchev–Trinajstić information content (AvgIpc) is 2.17. The van der Waals surface area contributed by atoms with Gasteiger partial charge in [-0.25, -0.2) is 0 Å². The van der Waals surface area contributed by atoms with Crippen molar-refractivity contribution in [1.29, 1.82) is 0 Å². The smallest absolute Gasteiger partial charge is 0.293 e. The molecule has 0 spiro atoms. The van der Waals surface area contributed by atoms with Gasteiger partial charge in [-0.3, -0.25) is 9.59 Å². The molecule has 0 saturated carbocycles. The molecule has 94 valence electrons. The molecular formula is C11H22N2O3. The topological polar surface area (TPSA) is 67.4 Å². The van der Waals surface area contributed by atoms with Crippen molar-refractivity contribution >= 4 is 12.4 Å². The minimum atomic E-state index is -0.318. The van der Waals surface area contributed by atoms with Gasteiger partial charge in [0.05, 0.1) is 6.04 Å². The maximum atomic E-state index is 10.9. The van der Waals surface area contributed by atoms with Gasteiger partial charge in [0.1, 0.15) is 5.60 Å². The van der Waals surface area contributed by atoms with Crippen LogP contribution in [0.5, 0.6) is 0 Å². The minimum Gasteiger partial charge on any atom is -0.462 e. The Labute approximate surface area is 96.9 Å². The van der Waals surface area contributed by atoms with Crippen LogP contribution in [0.4, 0.5) is 0 Å². The summed E-state index contributed by atoms with van der Waals surface area (Å²) in [7, 11) is 0. The summed E-state index contributed by atoms with van der Waals surface area (Å²) in [4.78, 5) is 20.4. The molecule has 1 fully saturated rings. The summed E-state index contributed by atoms with van der Waals surface area (Å²) in [5.41, 5.74) is -0.318. The number of hydrogen-bond acceptors (Lipinski definition) is 4. The van der Waals surface area contributed by atoms with Gasteiger partial charge >= 0.3 is 0 Å². The first-order valence-electron chi connectivity index (χ1n) is 5.53. The summed E-state index contributed by atoms with van der Waals surface area (Å²) in [5.74, 6) is 0.142. The summed E-state index contributed by atoms with van der Waals surface area (Å²) in [6.45, 7) is 9.60. The second-order valence-electron chi connectivity index (χ2n) is 4.53. The van der Waals surface area contributed by atoms with Crippen molar-refractivity contribution in [3.63, 3.8) is 0 Å². The van der Waals surface area contributed by atoms with E-state index in [0.29, 0.717) is 6.47 Å². The molecule has 0 aromatic rings. The van der Waals surface area contributed by atoms with Crippen LogP contribution >= 0.6 is 0 Å². The predicted molar refractivity (Wildman–Crippen MR) is 62.0 cm³/mol. The lowest BCUT2D eigenvalue weighted by Gasteiger charge is -2.21. The van der Waals surface area contributed by atoms with E-state index in [0.717, 1.165) is 19.5 Å². The van der Waals surface area contributed by atoms with Crippen LogP contribution in [0.3, 0.4) is 0 Å². The van der Waals surface area contributed by atoms with Crippen LogP contribution in [-0.2, 0) is 14.3 Å². The number of hydrogen-bond donors (Lipinski definition) is 2. The highest BCUT2D eigenvalue weighted by Gasteiger charge is 2.17. The minimum absolute atomic E-state index is 0.0544. The van der Waals surface area contributed by atoms with Crippen LogP contribution in [0.1, 0.15) is 34.1 Å². The number of carbonyl (C=O) groups is 2. The molecule has 5 heteroatoms. The number of ether oxygens (including phenoxy) is 1. The summed E-state index contributed by atoms with van der Waals surface area (Å²) in [5, 5.41) is 5.89. The third-order valence-electron chi connectivity index (χ3n) is 1.94. The van der Waals surface area contributed by atoms with Gasteiger partial charge in [0.2, 0.25) is 5.91 Å². The van der Waals surface area contributed by atoms with Crippen LogP contribution in [0, 0.1) is 0 Å². The van der Waals surface area contributed by atoms with Crippen LogP contribution < -0.4 is 10.6 Å². The fourth-order valence-corrected chi connectivity index (χ4v) is 1.12. The molecule has 16 heavy (non-hydrogen) atoms. The van der Waals surface area contributed by atoms with E-state index < -0.39 is 0 Å². The summed E-state index contributed by atoms with van der Waals surface area (Å²) >= 11 is 0. The Morgan fingerprint density at radius 3 is 2.31 bits per heavy atom. The molecule has 0 aliphatic carbocycles. The summed E-state index contributed by atoms with van der Waals surface area (Å²) in [6, 6.07) is 0.0544. The third kappa shape index (κ3) is 7.23.